The van der Waals surface area contributed by atoms with Crippen molar-refractivity contribution >= 4 is 11.9 Å². The first-order chi connectivity index (χ1) is 12.6. The van der Waals surface area contributed by atoms with Crippen LogP contribution in [0.15, 0.2) is 36.7 Å². The van der Waals surface area contributed by atoms with Crippen molar-refractivity contribution < 1.29 is 14.7 Å². The molecule has 6 nitrogen and oxygen atoms in total. The Hall–Kier alpha value is -2.21. The van der Waals surface area contributed by atoms with Crippen LogP contribution in [0.2, 0.25) is 0 Å². The van der Waals surface area contributed by atoms with Gasteiger partial charge >= 0.3 is 5.97 Å². The summed E-state index contributed by atoms with van der Waals surface area (Å²) < 4.78 is 0. The molecule has 0 spiro atoms. The van der Waals surface area contributed by atoms with Gasteiger partial charge in [-0.25, -0.2) is 0 Å². The maximum Gasteiger partial charge on any atom is 0.306 e. The van der Waals surface area contributed by atoms with E-state index in [4.69, 9.17) is 5.11 Å². The minimum absolute atomic E-state index is 0.0825. The van der Waals surface area contributed by atoms with Crippen LogP contribution in [0.5, 0.6) is 0 Å². The number of hydrogen-bond donors (Lipinski definition) is 2. The molecule has 2 fully saturated rings. The lowest BCUT2D eigenvalue weighted by molar-refractivity contribution is -0.142. The Morgan fingerprint density at radius 2 is 2.08 bits per heavy atom. The van der Waals surface area contributed by atoms with Crippen LogP contribution in [0.3, 0.4) is 0 Å². The number of nitrogens with one attached hydrogen (secondary N) is 1. The van der Waals surface area contributed by atoms with E-state index in [0.29, 0.717) is 18.9 Å². The molecule has 1 saturated carbocycles. The molecule has 0 bridgehead atoms. The van der Waals surface area contributed by atoms with Crippen molar-refractivity contribution in [3.8, 4) is 0 Å². The summed E-state index contributed by atoms with van der Waals surface area (Å²) >= 11 is 0. The number of amides is 1. The van der Waals surface area contributed by atoms with E-state index in [1.165, 1.54) is 5.56 Å². The molecule has 26 heavy (non-hydrogen) atoms. The van der Waals surface area contributed by atoms with Crippen LogP contribution in [-0.4, -0.2) is 46.0 Å². The molecule has 3 rings (SSSR count). The Morgan fingerprint density at radius 1 is 1.27 bits per heavy atom. The number of hydrogen-bond acceptors (Lipinski definition) is 4. The molecule has 2 N–H and O–H groups in total. The lowest BCUT2D eigenvalue weighted by Gasteiger charge is -2.26. The van der Waals surface area contributed by atoms with Crippen LogP contribution in [0.4, 0.5) is 0 Å². The van der Waals surface area contributed by atoms with Crippen molar-refractivity contribution in [2.45, 2.75) is 50.6 Å². The monoisotopic (exact) mass is 357 g/mol. The van der Waals surface area contributed by atoms with Gasteiger partial charge in [0.2, 0.25) is 5.91 Å². The third-order valence-corrected chi connectivity index (χ3v) is 5.46. The molecule has 1 saturated heterocycles. The highest BCUT2D eigenvalue weighted by Gasteiger charge is 2.27. The largest absolute Gasteiger partial charge is 0.481 e. The second-order valence-corrected chi connectivity index (χ2v) is 7.24. The fourth-order valence-electron chi connectivity index (χ4n) is 4.02. The predicted molar refractivity (Wildman–Crippen MR) is 98.4 cm³/mol. The number of aliphatic carboxylic acids is 1. The molecule has 140 valence electrons. The number of carboxylic acids is 1. The quantitative estimate of drug-likeness (QED) is 0.765. The summed E-state index contributed by atoms with van der Waals surface area (Å²) in [7, 11) is 0. The highest BCUT2D eigenvalue weighted by molar-refractivity contribution is 5.87. The molecule has 1 atom stereocenters. The van der Waals surface area contributed by atoms with Crippen molar-refractivity contribution in [1.29, 1.82) is 0 Å². The third-order valence-electron chi connectivity index (χ3n) is 5.46. The van der Waals surface area contributed by atoms with Gasteiger partial charge in [-0.3, -0.25) is 19.5 Å². The predicted octanol–water partition coefficient (Wildman–Crippen LogP) is 2.53. The average molecular weight is 357 g/mol. The van der Waals surface area contributed by atoms with Crippen molar-refractivity contribution in [2.24, 2.45) is 5.92 Å². The summed E-state index contributed by atoms with van der Waals surface area (Å²) in [5.74, 6) is -1.05. The average Bonchev–Trinajstić information content (AvgIpc) is 3.11. The summed E-state index contributed by atoms with van der Waals surface area (Å²) in [6.07, 6.45) is 12.3. The van der Waals surface area contributed by atoms with Gasteiger partial charge in [0, 0.05) is 37.1 Å². The normalized spacial score (nSPS) is 26.8. The van der Waals surface area contributed by atoms with E-state index in [-0.39, 0.29) is 17.9 Å². The van der Waals surface area contributed by atoms with Gasteiger partial charge in [-0.2, -0.15) is 0 Å². The van der Waals surface area contributed by atoms with Gasteiger partial charge < -0.3 is 10.4 Å². The molecule has 1 aliphatic heterocycles. The Kier molecular flexibility index (Phi) is 6.39. The summed E-state index contributed by atoms with van der Waals surface area (Å²) in [5, 5.41) is 12.0. The SMILES string of the molecule is O=C(C=CCN1CCC[C@H]1c1cccnc1)NC1CCC(C(=O)O)CC1. The summed E-state index contributed by atoms with van der Waals surface area (Å²) in [6, 6.07) is 4.55. The molecule has 2 heterocycles. The molecule has 1 aromatic heterocycles. The fraction of sp³-hybridized carbons (Fsp3) is 0.550. The van der Waals surface area contributed by atoms with E-state index in [2.05, 4.69) is 21.3 Å². The minimum Gasteiger partial charge on any atom is -0.481 e. The molecule has 1 aromatic rings. The van der Waals surface area contributed by atoms with E-state index in [9.17, 15) is 9.59 Å². The van der Waals surface area contributed by atoms with E-state index < -0.39 is 5.97 Å². The van der Waals surface area contributed by atoms with Crippen molar-refractivity contribution in [3.63, 3.8) is 0 Å². The number of nitrogens with zero attached hydrogens (tertiary/aromatic N) is 2. The molecule has 1 aliphatic carbocycles. The topological polar surface area (TPSA) is 82.5 Å². The van der Waals surface area contributed by atoms with Gasteiger partial charge in [0.05, 0.1) is 5.92 Å². The number of pyridine rings is 1. The highest BCUT2D eigenvalue weighted by Crippen LogP contribution is 2.31. The number of carboxylic acid groups (broad SMARTS) is 1. The third kappa shape index (κ3) is 4.91. The Morgan fingerprint density at radius 3 is 2.77 bits per heavy atom. The first kappa shape index (κ1) is 18.6. The number of rotatable bonds is 6. The van der Waals surface area contributed by atoms with Gasteiger partial charge in [0.15, 0.2) is 0 Å². The number of likely N-dealkylation sites (tertiary alicyclic amines) is 1. The second kappa shape index (κ2) is 8.94. The zero-order valence-corrected chi connectivity index (χ0v) is 15.0. The number of aromatic nitrogens is 1. The van der Waals surface area contributed by atoms with Crippen LogP contribution < -0.4 is 5.32 Å². The van der Waals surface area contributed by atoms with Crippen molar-refractivity contribution in [1.82, 2.24) is 15.2 Å². The maximum absolute atomic E-state index is 12.1. The van der Waals surface area contributed by atoms with Crippen LogP contribution in [0.25, 0.3) is 0 Å². The lowest BCUT2D eigenvalue weighted by atomic mass is 9.86. The Balaban J connectivity index is 1.43. The van der Waals surface area contributed by atoms with Gasteiger partial charge in [-0.1, -0.05) is 12.1 Å². The molecular weight excluding hydrogens is 330 g/mol. The molecule has 6 heteroatoms. The maximum atomic E-state index is 12.1. The fourth-order valence-corrected chi connectivity index (χ4v) is 4.02. The van der Waals surface area contributed by atoms with Gasteiger partial charge in [0.25, 0.3) is 0 Å². The van der Waals surface area contributed by atoms with Gasteiger partial charge in [-0.05, 0) is 56.7 Å². The van der Waals surface area contributed by atoms with Crippen LogP contribution in [0, 0.1) is 5.92 Å². The molecule has 2 aliphatic rings. The standard InChI is InChI=1S/C20H27N3O3/c24-19(22-17-9-7-15(8-10-17)20(25)26)6-3-13-23-12-2-5-18(23)16-4-1-11-21-14-16/h1,3-4,6,11,14-15,17-18H,2,5,7-10,12-13H2,(H,22,24)(H,25,26)/t15?,17?,18-/m0/s1. The molecule has 1 amide bonds. The van der Waals surface area contributed by atoms with E-state index in [1.807, 2.05) is 18.3 Å². The van der Waals surface area contributed by atoms with Crippen LogP contribution in [-0.2, 0) is 9.59 Å². The van der Waals surface area contributed by atoms with Crippen molar-refractivity contribution in [2.75, 3.05) is 13.1 Å². The zero-order valence-electron chi connectivity index (χ0n) is 15.0. The van der Waals surface area contributed by atoms with E-state index in [1.54, 1.807) is 12.3 Å². The van der Waals surface area contributed by atoms with E-state index >= 15 is 0 Å². The molecule has 0 aromatic carbocycles. The summed E-state index contributed by atoms with van der Waals surface area (Å²) in [6.45, 7) is 1.78. The Labute approximate surface area is 154 Å². The number of carbonyl (C=O) groups excluding carboxylic acids is 1. The highest BCUT2D eigenvalue weighted by atomic mass is 16.4. The molecule has 0 radical (unpaired) electrons. The minimum atomic E-state index is -0.719. The summed E-state index contributed by atoms with van der Waals surface area (Å²) in [4.78, 5) is 29.7. The molecule has 0 unspecified atom stereocenters. The van der Waals surface area contributed by atoms with Crippen LogP contribution >= 0.6 is 0 Å². The first-order valence-corrected chi connectivity index (χ1v) is 9.47. The van der Waals surface area contributed by atoms with Gasteiger partial charge in [-0.15, -0.1) is 0 Å². The number of carbonyl (C=O) groups is 2. The Bertz CT molecular complexity index is 639. The zero-order chi connectivity index (χ0) is 18.4. The lowest BCUT2D eigenvalue weighted by Crippen LogP contribution is -2.38. The second-order valence-electron chi connectivity index (χ2n) is 7.24. The smallest absolute Gasteiger partial charge is 0.306 e. The van der Waals surface area contributed by atoms with Crippen molar-refractivity contribution in [3.05, 3.63) is 42.2 Å². The van der Waals surface area contributed by atoms with Crippen LogP contribution in [0.1, 0.15) is 50.1 Å². The summed E-state index contributed by atoms with van der Waals surface area (Å²) in [5.41, 5.74) is 1.23. The molecular formula is C20H27N3O3. The first-order valence-electron chi connectivity index (χ1n) is 9.47. The van der Waals surface area contributed by atoms with E-state index in [0.717, 1.165) is 38.8 Å². The van der Waals surface area contributed by atoms with Gasteiger partial charge in [0.1, 0.15) is 0 Å².